The molecule has 0 aromatic heterocycles. The molecule has 0 aromatic rings. The Bertz CT molecular complexity index is 143. The highest BCUT2D eigenvalue weighted by Crippen LogP contribution is 2.41. The molecule has 6 heteroatoms. The second kappa shape index (κ2) is 4.85. The van der Waals surface area contributed by atoms with Crippen LogP contribution in [0, 0.1) is 0 Å². The molecule has 0 fully saturated rings. The van der Waals surface area contributed by atoms with Crippen LogP contribution in [0.5, 0.6) is 0 Å². The van der Waals surface area contributed by atoms with E-state index in [-0.39, 0.29) is 12.6 Å². The van der Waals surface area contributed by atoms with Crippen LogP contribution < -0.4 is 5.09 Å². The zero-order valence-corrected chi connectivity index (χ0v) is 7.80. The molecule has 2 N–H and O–H groups in total. The van der Waals surface area contributed by atoms with Crippen LogP contribution in [-0.4, -0.2) is 32.0 Å². The number of rotatable bonds is 5. The van der Waals surface area contributed by atoms with Crippen molar-refractivity contribution in [2.45, 2.75) is 13.0 Å². The number of aliphatic hydroxyl groups is 1. The fraction of sp³-hybridized carbons (Fsp3) is 1.00. The summed E-state index contributed by atoms with van der Waals surface area (Å²) in [6.07, 6.45) is 0. The summed E-state index contributed by atoms with van der Waals surface area (Å²) < 4.78 is 20.4. The lowest BCUT2D eigenvalue weighted by Crippen LogP contribution is -2.27. The average molecular weight is 183 g/mol. The Morgan fingerprint density at radius 1 is 1.55 bits per heavy atom. The van der Waals surface area contributed by atoms with Gasteiger partial charge in [-0.3, -0.25) is 0 Å². The minimum Gasteiger partial charge on any atom is -0.395 e. The third kappa shape index (κ3) is 3.84. The molecular formula is C5H14NO4P. The van der Waals surface area contributed by atoms with E-state index in [1.807, 2.05) is 0 Å². The second-order valence-electron chi connectivity index (χ2n) is 2.08. The first kappa shape index (κ1) is 11.1. The summed E-state index contributed by atoms with van der Waals surface area (Å²) in [7, 11) is -0.606. The Morgan fingerprint density at radius 3 is 2.27 bits per heavy atom. The minimum absolute atomic E-state index is 0.114. The summed E-state index contributed by atoms with van der Waals surface area (Å²) in [5.41, 5.74) is 0. The van der Waals surface area contributed by atoms with Gasteiger partial charge >= 0.3 is 7.75 Å². The quantitative estimate of drug-likeness (QED) is 0.602. The second-order valence-corrected chi connectivity index (χ2v) is 4.06. The predicted octanol–water partition coefficient (Wildman–Crippen LogP) is 0.358. The number of hydrogen-bond acceptors (Lipinski definition) is 4. The summed E-state index contributed by atoms with van der Waals surface area (Å²) >= 11 is 0. The Balaban J connectivity index is 3.97. The van der Waals surface area contributed by atoms with E-state index in [4.69, 9.17) is 5.11 Å². The fourth-order valence-corrected chi connectivity index (χ4v) is 1.47. The topological polar surface area (TPSA) is 67.8 Å². The Kier molecular flexibility index (Phi) is 4.88. The van der Waals surface area contributed by atoms with Gasteiger partial charge in [0.05, 0.1) is 6.61 Å². The third-order valence-corrected chi connectivity index (χ3v) is 2.85. The van der Waals surface area contributed by atoms with Gasteiger partial charge in [-0.15, -0.1) is 0 Å². The molecule has 0 aliphatic heterocycles. The standard InChI is InChI=1S/C5H14NO4P/c1-5(4-7)6-11(8,9-2)10-3/h5,7H,4H2,1-3H3,(H,6,8)/t5-/m1/s1. The smallest absolute Gasteiger partial charge is 0.395 e. The summed E-state index contributed by atoms with van der Waals surface area (Å²) in [4.78, 5) is 0. The van der Waals surface area contributed by atoms with Gasteiger partial charge in [0.1, 0.15) is 0 Å². The highest BCUT2D eigenvalue weighted by atomic mass is 31.2. The van der Waals surface area contributed by atoms with Crippen LogP contribution in [0.25, 0.3) is 0 Å². The fourth-order valence-electron chi connectivity index (χ4n) is 0.491. The van der Waals surface area contributed by atoms with Crippen molar-refractivity contribution in [3.63, 3.8) is 0 Å². The van der Waals surface area contributed by atoms with Crippen LogP contribution in [0.2, 0.25) is 0 Å². The number of hydrogen-bond donors (Lipinski definition) is 2. The van der Waals surface area contributed by atoms with Gasteiger partial charge in [-0.25, -0.2) is 9.65 Å². The molecule has 0 bridgehead atoms. The Hall–Kier alpha value is 0.0700. The van der Waals surface area contributed by atoms with E-state index < -0.39 is 7.75 Å². The molecule has 0 unspecified atom stereocenters. The van der Waals surface area contributed by atoms with Crippen molar-refractivity contribution in [2.24, 2.45) is 0 Å². The van der Waals surface area contributed by atoms with Gasteiger partial charge in [0.15, 0.2) is 0 Å². The Labute approximate surface area is 66.3 Å². The van der Waals surface area contributed by atoms with Crippen molar-refractivity contribution in [1.29, 1.82) is 0 Å². The molecule has 1 atom stereocenters. The summed E-state index contributed by atoms with van der Waals surface area (Å²) in [6, 6.07) is -0.305. The van der Waals surface area contributed by atoms with Gasteiger partial charge in [-0.2, -0.15) is 0 Å². The molecule has 0 saturated carbocycles. The van der Waals surface area contributed by atoms with Gasteiger partial charge < -0.3 is 14.2 Å². The maximum absolute atomic E-state index is 11.3. The molecular weight excluding hydrogens is 169 g/mol. The van der Waals surface area contributed by atoms with Gasteiger partial charge in [0.2, 0.25) is 0 Å². The first-order chi connectivity index (χ1) is 5.08. The van der Waals surface area contributed by atoms with Crippen molar-refractivity contribution in [3.8, 4) is 0 Å². The van der Waals surface area contributed by atoms with Gasteiger partial charge in [0, 0.05) is 20.3 Å². The molecule has 11 heavy (non-hydrogen) atoms. The van der Waals surface area contributed by atoms with E-state index in [0.717, 1.165) is 0 Å². The molecule has 0 aliphatic carbocycles. The molecule has 0 heterocycles. The SMILES string of the molecule is COP(=O)(N[C@H](C)CO)OC. The van der Waals surface area contributed by atoms with E-state index in [2.05, 4.69) is 14.1 Å². The molecule has 0 saturated heterocycles. The average Bonchev–Trinajstić information content (AvgIpc) is 2.04. The zero-order valence-electron chi connectivity index (χ0n) is 6.90. The van der Waals surface area contributed by atoms with Crippen LogP contribution in [-0.2, 0) is 13.6 Å². The van der Waals surface area contributed by atoms with E-state index in [1.54, 1.807) is 6.92 Å². The van der Waals surface area contributed by atoms with Crippen molar-refractivity contribution in [2.75, 3.05) is 20.8 Å². The van der Waals surface area contributed by atoms with Crippen LogP contribution in [0.1, 0.15) is 6.92 Å². The van der Waals surface area contributed by atoms with E-state index >= 15 is 0 Å². The maximum atomic E-state index is 11.3. The molecule has 5 nitrogen and oxygen atoms in total. The summed E-state index contributed by atoms with van der Waals surface area (Å²) in [5.74, 6) is 0. The molecule has 0 amide bonds. The van der Waals surface area contributed by atoms with Crippen LogP contribution in [0.4, 0.5) is 0 Å². The lowest BCUT2D eigenvalue weighted by molar-refractivity contribution is 0.230. The molecule has 0 aromatic carbocycles. The predicted molar refractivity (Wildman–Crippen MR) is 41.3 cm³/mol. The molecule has 0 aliphatic rings. The molecule has 68 valence electrons. The van der Waals surface area contributed by atoms with Crippen molar-refractivity contribution in [1.82, 2.24) is 5.09 Å². The Morgan fingerprint density at radius 2 is 2.00 bits per heavy atom. The zero-order chi connectivity index (χ0) is 8.91. The third-order valence-electron chi connectivity index (χ3n) is 1.13. The van der Waals surface area contributed by atoms with Gasteiger partial charge in [0.25, 0.3) is 0 Å². The monoisotopic (exact) mass is 183 g/mol. The van der Waals surface area contributed by atoms with E-state index in [1.165, 1.54) is 14.2 Å². The number of aliphatic hydroxyl groups excluding tert-OH is 1. The highest BCUT2D eigenvalue weighted by molar-refractivity contribution is 7.51. The van der Waals surface area contributed by atoms with Crippen LogP contribution >= 0.6 is 7.75 Å². The van der Waals surface area contributed by atoms with E-state index in [9.17, 15) is 4.57 Å². The number of nitrogens with one attached hydrogen (secondary N) is 1. The van der Waals surface area contributed by atoms with Gasteiger partial charge in [-0.1, -0.05) is 0 Å². The molecule has 0 radical (unpaired) electrons. The van der Waals surface area contributed by atoms with Crippen molar-refractivity contribution in [3.05, 3.63) is 0 Å². The lowest BCUT2D eigenvalue weighted by Gasteiger charge is -2.17. The van der Waals surface area contributed by atoms with Gasteiger partial charge in [-0.05, 0) is 6.92 Å². The minimum atomic E-state index is -3.16. The maximum Gasteiger partial charge on any atom is 0.405 e. The molecule has 0 rings (SSSR count). The lowest BCUT2D eigenvalue weighted by atomic mass is 10.4. The first-order valence-electron chi connectivity index (χ1n) is 3.18. The summed E-state index contributed by atoms with van der Waals surface area (Å²) in [5, 5.41) is 11.1. The summed E-state index contributed by atoms with van der Waals surface area (Å²) in [6.45, 7) is 1.56. The van der Waals surface area contributed by atoms with E-state index in [0.29, 0.717) is 0 Å². The molecule has 0 spiro atoms. The highest BCUT2D eigenvalue weighted by Gasteiger charge is 2.22. The van der Waals surface area contributed by atoms with Crippen LogP contribution in [0.3, 0.4) is 0 Å². The van der Waals surface area contributed by atoms with Crippen molar-refractivity contribution >= 4 is 7.75 Å². The van der Waals surface area contributed by atoms with Crippen LogP contribution in [0.15, 0.2) is 0 Å². The normalized spacial score (nSPS) is 14.9. The van der Waals surface area contributed by atoms with Crippen molar-refractivity contribution < 1.29 is 18.7 Å². The first-order valence-corrected chi connectivity index (χ1v) is 4.72. The largest absolute Gasteiger partial charge is 0.405 e.